The van der Waals surface area contributed by atoms with E-state index in [4.69, 9.17) is 0 Å². The fourth-order valence-electron chi connectivity index (χ4n) is 4.17. The third-order valence-corrected chi connectivity index (χ3v) is 5.94. The topological polar surface area (TPSA) is 0 Å². The van der Waals surface area contributed by atoms with E-state index in [9.17, 15) is 0 Å². The quantitative estimate of drug-likeness (QED) is 0.465. The molecule has 0 N–H and O–H groups in total. The van der Waals surface area contributed by atoms with Crippen molar-refractivity contribution in [2.75, 3.05) is 0 Å². The van der Waals surface area contributed by atoms with Crippen LogP contribution in [0.25, 0.3) is 11.1 Å². The van der Waals surface area contributed by atoms with Crippen molar-refractivity contribution < 1.29 is 0 Å². The molecule has 0 saturated heterocycles. The molecule has 0 amide bonds. The van der Waals surface area contributed by atoms with Crippen molar-refractivity contribution in [3.63, 3.8) is 0 Å². The normalized spacial score (nSPS) is 19.3. The lowest BCUT2D eigenvalue weighted by atomic mass is 9.80. The van der Waals surface area contributed by atoms with Gasteiger partial charge in [0, 0.05) is 11.5 Å². The number of benzene rings is 2. The molecule has 1 saturated carbocycles. The molecular weight excluding hydrogens is 324 g/mol. The minimum Gasteiger partial charge on any atom is -0.0945 e. The van der Waals surface area contributed by atoms with Gasteiger partial charge in [-0.05, 0) is 66.8 Å². The average molecular weight is 359 g/mol. The fraction of sp³-hybridized carbons (Fsp3) is 0.481. The highest BCUT2D eigenvalue weighted by Crippen LogP contribution is 2.31. The Morgan fingerprint density at radius 1 is 0.778 bits per heavy atom. The van der Waals surface area contributed by atoms with Crippen LogP contribution in [0.5, 0.6) is 0 Å². The Labute approximate surface area is 166 Å². The Bertz CT molecular complexity index is 731. The van der Waals surface area contributed by atoms with Crippen LogP contribution >= 0.6 is 0 Å². The van der Waals surface area contributed by atoms with Crippen LogP contribution in [-0.4, -0.2) is 0 Å². The number of aryl methyl sites for hydroxylation is 1. The molecule has 1 aliphatic carbocycles. The standard InChI is InChI=1S/C27H34/c1-3-5-7-23-8-10-24(11-9-23)12-13-25-16-20-27(21-17-25)26-18-14-22(6-4-2)15-19-26/h14-21,23-24H,3-11H2,1-2H3/t23-,24-. The van der Waals surface area contributed by atoms with Crippen LogP contribution in [0.2, 0.25) is 0 Å². The molecular formula is C27H34. The van der Waals surface area contributed by atoms with Crippen molar-refractivity contribution in [1.29, 1.82) is 0 Å². The van der Waals surface area contributed by atoms with Crippen molar-refractivity contribution >= 4 is 0 Å². The van der Waals surface area contributed by atoms with Gasteiger partial charge in [-0.15, -0.1) is 0 Å². The summed E-state index contributed by atoms with van der Waals surface area (Å²) in [5.41, 5.74) is 5.14. The maximum atomic E-state index is 3.55. The highest BCUT2D eigenvalue weighted by atomic mass is 14.2. The maximum Gasteiger partial charge on any atom is 0.0245 e. The predicted molar refractivity (Wildman–Crippen MR) is 118 cm³/mol. The van der Waals surface area contributed by atoms with Gasteiger partial charge in [0.15, 0.2) is 0 Å². The van der Waals surface area contributed by atoms with Crippen molar-refractivity contribution in [1.82, 2.24) is 0 Å². The van der Waals surface area contributed by atoms with Gasteiger partial charge >= 0.3 is 0 Å². The first-order valence-corrected chi connectivity index (χ1v) is 11.0. The summed E-state index contributed by atoms with van der Waals surface area (Å²) in [6, 6.07) is 17.8. The van der Waals surface area contributed by atoms with Gasteiger partial charge in [-0.3, -0.25) is 0 Å². The monoisotopic (exact) mass is 358 g/mol. The lowest BCUT2D eigenvalue weighted by molar-refractivity contribution is 0.296. The lowest BCUT2D eigenvalue weighted by Crippen LogP contribution is -2.13. The molecule has 0 spiro atoms. The Kier molecular flexibility index (Phi) is 7.58. The van der Waals surface area contributed by atoms with E-state index in [1.54, 1.807) is 0 Å². The molecule has 0 radical (unpaired) electrons. The van der Waals surface area contributed by atoms with E-state index in [0.717, 1.165) is 17.9 Å². The smallest absolute Gasteiger partial charge is 0.0245 e. The first kappa shape index (κ1) is 19.8. The molecule has 0 atom stereocenters. The van der Waals surface area contributed by atoms with E-state index in [0.29, 0.717) is 5.92 Å². The minimum atomic E-state index is 0.605. The van der Waals surface area contributed by atoms with Crippen LogP contribution in [0, 0.1) is 23.7 Å². The summed E-state index contributed by atoms with van der Waals surface area (Å²) in [6.07, 6.45) is 11.9. The van der Waals surface area contributed by atoms with Crippen LogP contribution in [0.15, 0.2) is 48.5 Å². The molecule has 1 fully saturated rings. The van der Waals surface area contributed by atoms with E-state index < -0.39 is 0 Å². The van der Waals surface area contributed by atoms with Gasteiger partial charge in [0.1, 0.15) is 0 Å². The third kappa shape index (κ3) is 6.00. The minimum absolute atomic E-state index is 0.605. The average Bonchev–Trinajstić information content (AvgIpc) is 2.73. The zero-order chi connectivity index (χ0) is 18.9. The van der Waals surface area contributed by atoms with Crippen LogP contribution in [0.1, 0.15) is 76.3 Å². The summed E-state index contributed by atoms with van der Waals surface area (Å²) in [5, 5.41) is 0. The Morgan fingerprint density at radius 3 is 2.00 bits per heavy atom. The van der Waals surface area contributed by atoms with Crippen molar-refractivity contribution in [3.8, 4) is 23.0 Å². The molecule has 0 aromatic heterocycles. The largest absolute Gasteiger partial charge is 0.0945 e. The predicted octanol–water partition coefficient (Wildman–Crippen LogP) is 7.65. The van der Waals surface area contributed by atoms with Gasteiger partial charge in [0.2, 0.25) is 0 Å². The second-order valence-electron chi connectivity index (χ2n) is 8.15. The Balaban J connectivity index is 1.55. The van der Waals surface area contributed by atoms with Gasteiger partial charge < -0.3 is 0 Å². The first-order valence-electron chi connectivity index (χ1n) is 11.0. The molecule has 142 valence electrons. The van der Waals surface area contributed by atoms with Gasteiger partial charge in [-0.25, -0.2) is 0 Å². The van der Waals surface area contributed by atoms with Crippen LogP contribution in [0.4, 0.5) is 0 Å². The number of hydrogen-bond acceptors (Lipinski definition) is 0. The Morgan fingerprint density at radius 2 is 1.41 bits per heavy atom. The third-order valence-electron chi connectivity index (χ3n) is 5.94. The lowest BCUT2D eigenvalue weighted by Gasteiger charge is -2.25. The second-order valence-corrected chi connectivity index (χ2v) is 8.15. The number of unbranched alkanes of at least 4 members (excludes halogenated alkanes) is 1. The fourth-order valence-corrected chi connectivity index (χ4v) is 4.17. The maximum absolute atomic E-state index is 3.55. The van der Waals surface area contributed by atoms with Crippen molar-refractivity contribution in [2.45, 2.75) is 71.6 Å². The first-order chi connectivity index (χ1) is 13.3. The van der Waals surface area contributed by atoms with E-state index in [1.165, 1.54) is 68.1 Å². The summed E-state index contributed by atoms with van der Waals surface area (Å²) < 4.78 is 0. The molecule has 0 heterocycles. The summed E-state index contributed by atoms with van der Waals surface area (Å²) in [4.78, 5) is 0. The highest BCUT2D eigenvalue weighted by Gasteiger charge is 2.19. The van der Waals surface area contributed by atoms with Gasteiger partial charge in [0.05, 0.1) is 0 Å². The molecule has 2 aromatic carbocycles. The van der Waals surface area contributed by atoms with Crippen LogP contribution in [-0.2, 0) is 6.42 Å². The van der Waals surface area contributed by atoms with E-state index >= 15 is 0 Å². The molecule has 0 heteroatoms. The summed E-state index contributed by atoms with van der Waals surface area (Å²) in [6.45, 7) is 4.52. The molecule has 3 rings (SSSR count). The number of hydrogen-bond donors (Lipinski definition) is 0. The highest BCUT2D eigenvalue weighted by molar-refractivity contribution is 5.64. The Hall–Kier alpha value is -2.00. The van der Waals surface area contributed by atoms with Crippen LogP contribution < -0.4 is 0 Å². The molecule has 27 heavy (non-hydrogen) atoms. The molecule has 0 nitrogen and oxygen atoms in total. The van der Waals surface area contributed by atoms with Crippen molar-refractivity contribution in [3.05, 3.63) is 59.7 Å². The van der Waals surface area contributed by atoms with Crippen LogP contribution in [0.3, 0.4) is 0 Å². The van der Waals surface area contributed by atoms with Gasteiger partial charge in [0.25, 0.3) is 0 Å². The molecule has 0 unspecified atom stereocenters. The SMILES string of the molecule is CCCC[C@H]1CC[C@H](C#Cc2ccc(-c3ccc(CCC)cc3)cc2)CC1. The number of rotatable bonds is 6. The van der Waals surface area contributed by atoms with Crippen molar-refractivity contribution in [2.24, 2.45) is 11.8 Å². The van der Waals surface area contributed by atoms with Gasteiger partial charge in [-0.2, -0.15) is 0 Å². The van der Waals surface area contributed by atoms with Gasteiger partial charge in [-0.1, -0.05) is 87.8 Å². The second kappa shape index (κ2) is 10.4. The summed E-state index contributed by atoms with van der Waals surface area (Å²) in [5.74, 6) is 8.54. The molecule has 2 aromatic rings. The summed E-state index contributed by atoms with van der Waals surface area (Å²) in [7, 11) is 0. The van der Waals surface area contributed by atoms with E-state index in [2.05, 4.69) is 74.2 Å². The van der Waals surface area contributed by atoms with E-state index in [-0.39, 0.29) is 0 Å². The zero-order valence-corrected chi connectivity index (χ0v) is 17.1. The zero-order valence-electron chi connectivity index (χ0n) is 17.1. The molecule has 1 aliphatic rings. The molecule has 0 bridgehead atoms. The molecule has 0 aliphatic heterocycles. The van der Waals surface area contributed by atoms with E-state index in [1.807, 2.05) is 0 Å². The summed E-state index contributed by atoms with van der Waals surface area (Å²) >= 11 is 0.